The number of anilines is 4. The van der Waals surface area contributed by atoms with Crippen LogP contribution in [0.3, 0.4) is 0 Å². The number of fused-ring (bicyclic) bond motifs is 1. The van der Waals surface area contributed by atoms with Gasteiger partial charge in [0.25, 0.3) is 5.91 Å². The Bertz CT molecular complexity index is 1330. The molecule has 0 saturated heterocycles. The fraction of sp³-hybridized carbons (Fsp3) is 0.360. The highest BCUT2D eigenvalue weighted by atomic mass is 19.4. The van der Waals surface area contributed by atoms with Crippen LogP contribution in [0.15, 0.2) is 36.7 Å². The smallest absolute Gasteiger partial charge is 0.343 e. The second-order valence-corrected chi connectivity index (χ2v) is 9.48. The number of rotatable bonds is 8. The molecule has 0 fully saturated rings. The predicted molar refractivity (Wildman–Crippen MR) is 132 cm³/mol. The quantitative estimate of drug-likeness (QED) is 0.311. The van der Waals surface area contributed by atoms with E-state index in [-0.39, 0.29) is 23.0 Å². The van der Waals surface area contributed by atoms with E-state index in [2.05, 4.69) is 30.9 Å². The number of nitrogens with zero attached hydrogens (tertiary/aromatic N) is 3. The predicted octanol–water partition coefficient (Wildman–Crippen LogP) is 4.68. The molecule has 4 rings (SSSR count). The molecule has 1 aromatic carbocycles. The molecule has 38 heavy (non-hydrogen) atoms. The highest BCUT2D eigenvalue weighted by Crippen LogP contribution is 2.28. The maximum atomic E-state index is 14.8. The monoisotopic (exact) mass is 535 g/mol. The Morgan fingerprint density at radius 2 is 1.89 bits per heavy atom. The van der Waals surface area contributed by atoms with E-state index in [4.69, 9.17) is 0 Å². The van der Waals surface area contributed by atoms with Gasteiger partial charge in [-0.25, -0.2) is 9.37 Å². The first kappa shape index (κ1) is 27.2. The minimum atomic E-state index is -4.62. The number of alkyl halides is 4. The minimum absolute atomic E-state index is 0.0916. The molecule has 13 heteroatoms. The highest BCUT2D eigenvalue weighted by Gasteiger charge is 2.29. The van der Waals surface area contributed by atoms with Gasteiger partial charge in [0.1, 0.15) is 30.4 Å². The summed E-state index contributed by atoms with van der Waals surface area (Å²) < 4.78 is 66.3. The van der Waals surface area contributed by atoms with Crippen LogP contribution in [0.2, 0.25) is 0 Å². The van der Waals surface area contributed by atoms with Crippen LogP contribution in [0.25, 0.3) is 0 Å². The summed E-state index contributed by atoms with van der Waals surface area (Å²) in [5.74, 6) is -1.84. The minimum Gasteiger partial charge on any atom is -0.343 e. The van der Waals surface area contributed by atoms with Gasteiger partial charge in [0.15, 0.2) is 0 Å². The third kappa shape index (κ3) is 6.52. The van der Waals surface area contributed by atoms with E-state index in [0.717, 1.165) is 23.9 Å². The van der Waals surface area contributed by atoms with Crippen molar-refractivity contribution in [2.75, 3.05) is 30.4 Å². The van der Waals surface area contributed by atoms with Gasteiger partial charge in [-0.15, -0.1) is 0 Å². The van der Waals surface area contributed by atoms with E-state index in [1.165, 1.54) is 18.3 Å². The lowest BCUT2D eigenvalue weighted by Crippen LogP contribution is -2.34. The Morgan fingerprint density at radius 3 is 2.63 bits per heavy atom. The van der Waals surface area contributed by atoms with Gasteiger partial charge in [-0.05, 0) is 48.4 Å². The molecule has 0 bridgehead atoms. The van der Waals surface area contributed by atoms with Crippen molar-refractivity contribution < 1.29 is 26.7 Å². The fourth-order valence-electron chi connectivity index (χ4n) is 3.78. The standard InChI is InChI=1S/C25H26F5N7O/c1-24(2,12-26)20-9-16(4-6-32-20)35-21-17(22(38)34-13-25(28,29)30)11-33-23(37-21)36-19-8-14-3-5-31-10-15(14)7-18(19)27/h4,6-9,11,31H,3,5,10,12-13H2,1-2H3,(H,34,38)(H2,32,33,35,36,37). The second kappa shape index (κ2) is 10.9. The molecule has 4 N–H and O–H groups in total. The summed E-state index contributed by atoms with van der Waals surface area (Å²) in [5.41, 5.74) is 1.49. The molecular formula is C25H26F5N7O. The van der Waals surface area contributed by atoms with Crippen molar-refractivity contribution in [3.05, 3.63) is 64.9 Å². The number of hydrogen-bond acceptors (Lipinski definition) is 7. The van der Waals surface area contributed by atoms with Crippen LogP contribution in [0, 0.1) is 5.82 Å². The zero-order valence-corrected chi connectivity index (χ0v) is 20.6. The highest BCUT2D eigenvalue weighted by molar-refractivity contribution is 5.99. The number of benzene rings is 1. The first-order chi connectivity index (χ1) is 17.9. The average molecular weight is 536 g/mol. The van der Waals surface area contributed by atoms with E-state index in [1.807, 2.05) is 0 Å². The molecule has 0 saturated carbocycles. The molecule has 3 aromatic rings. The summed E-state index contributed by atoms with van der Waals surface area (Å²) in [5, 5.41) is 10.6. The van der Waals surface area contributed by atoms with Crippen LogP contribution in [-0.4, -0.2) is 46.8 Å². The van der Waals surface area contributed by atoms with Gasteiger partial charge in [0.2, 0.25) is 5.95 Å². The summed E-state index contributed by atoms with van der Waals surface area (Å²) in [6, 6.07) is 6.14. The molecule has 0 unspecified atom stereocenters. The number of hydrogen-bond donors (Lipinski definition) is 4. The van der Waals surface area contributed by atoms with Gasteiger partial charge in [0.05, 0.1) is 11.4 Å². The van der Waals surface area contributed by atoms with Gasteiger partial charge < -0.3 is 21.3 Å². The first-order valence-electron chi connectivity index (χ1n) is 11.8. The van der Waals surface area contributed by atoms with Crippen LogP contribution in [0.4, 0.5) is 45.1 Å². The normalized spacial score (nSPS) is 13.6. The molecule has 0 atom stereocenters. The topological polar surface area (TPSA) is 104 Å². The molecule has 8 nitrogen and oxygen atoms in total. The van der Waals surface area contributed by atoms with Crippen molar-refractivity contribution in [1.82, 2.24) is 25.6 Å². The lowest BCUT2D eigenvalue weighted by molar-refractivity contribution is -0.123. The van der Waals surface area contributed by atoms with E-state index < -0.39 is 36.5 Å². The Morgan fingerprint density at radius 1 is 1.11 bits per heavy atom. The maximum Gasteiger partial charge on any atom is 0.405 e. The largest absolute Gasteiger partial charge is 0.405 e. The summed E-state index contributed by atoms with van der Waals surface area (Å²) in [6.07, 6.45) is -1.45. The lowest BCUT2D eigenvalue weighted by atomic mass is 9.90. The number of pyridine rings is 1. The Labute approximate surface area is 215 Å². The number of carbonyl (C=O) groups excluding carboxylic acids is 1. The zero-order chi connectivity index (χ0) is 27.5. The van der Waals surface area contributed by atoms with Crippen LogP contribution >= 0.6 is 0 Å². The van der Waals surface area contributed by atoms with Crippen molar-refractivity contribution >= 4 is 29.0 Å². The van der Waals surface area contributed by atoms with E-state index in [0.29, 0.717) is 24.3 Å². The number of nitrogens with one attached hydrogen (secondary N) is 4. The SMILES string of the molecule is CC(C)(CF)c1cc(Nc2nc(Nc3cc4c(cc3F)CNCC4)ncc2C(=O)NCC(F)(F)F)ccn1. The van der Waals surface area contributed by atoms with Crippen LogP contribution < -0.4 is 21.3 Å². The number of carbonyl (C=O) groups is 1. The number of amides is 1. The van der Waals surface area contributed by atoms with Crippen molar-refractivity contribution in [2.24, 2.45) is 0 Å². The molecule has 0 aliphatic carbocycles. The van der Waals surface area contributed by atoms with Gasteiger partial charge in [-0.1, -0.05) is 13.8 Å². The molecule has 2 aromatic heterocycles. The molecule has 1 amide bonds. The van der Waals surface area contributed by atoms with E-state index >= 15 is 0 Å². The molecule has 3 heterocycles. The lowest BCUT2D eigenvalue weighted by Gasteiger charge is -2.21. The second-order valence-electron chi connectivity index (χ2n) is 9.48. The summed E-state index contributed by atoms with van der Waals surface area (Å²) in [4.78, 5) is 25.0. The maximum absolute atomic E-state index is 14.8. The van der Waals surface area contributed by atoms with Crippen molar-refractivity contribution in [1.29, 1.82) is 0 Å². The molecule has 202 valence electrons. The Kier molecular flexibility index (Phi) is 7.76. The van der Waals surface area contributed by atoms with Crippen molar-refractivity contribution in [3.8, 4) is 0 Å². The average Bonchev–Trinajstić information content (AvgIpc) is 2.87. The number of aromatic nitrogens is 3. The Balaban J connectivity index is 1.67. The van der Waals surface area contributed by atoms with E-state index in [1.54, 1.807) is 31.3 Å². The van der Waals surface area contributed by atoms with Gasteiger partial charge >= 0.3 is 6.18 Å². The molecular weight excluding hydrogens is 509 g/mol. The van der Waals surface area contributed by atoms with Crippen LogP contribution in [0.1, 0.15) is 41.0 Å². The molecule has 0 spiro atoms. The summed E-state index contributed by atoms with van der Waals surface area (Å²) in [6.45, 7) is 2.38. The molecule has 1 aliphatic heterocycles. The first-order valence-corrected chi connectivity index (χ1v) is 11.8. The van der Waals surface area contributed by atoms with Crippen LogP contribution in [-0.2, 0) is 18.4 Å². The summed E-state index contributed by atoms with van der Waals surface area (Å²) in [7, 11) is 0. The van der Waals surface area contributed by atoms with E-state index in [9.17, 15) is 26.7 Å². The molecule has 1 aliphatic rings. The molecule has 0 radical (unpaired) electrons. The van der Waals surface area contributed by atoms with Crippen molar-refractivity contribution in [3.63, 3.8) is 0 Å². The third-order valence-corrected chi connectivity index (χ3v) is 5.96. The Hall–Kier alpha value is -3.87. The van der Waals surface area contributed by atoms with Gasteiger partial charge in [0, 0.05) is 30.0 Å². The fourth-order valence-corrected chi connectivity index (χ4v) is 3.78. The third-order valence-electron chi connectivity index (χ3n) is 5.96. The van der Waals surface area contributed by atoms with Gasteiger partial charge in [-0.3, -0.25) is 14.2 Å². The van der Waals surface area contributed by atoms with Gasteiger partial charge in [-0.2, -0.15) is 18.2 Å². The number of halogens is 5. The van der Waals surface area contributed by atoms with Crippen molar-refractivity contribution in [2.45, 2.75) is 38.4 Å². The van der Waals surface area contributed by atoms with Crippen LogP contribution in [0.5, 0.6) is 0 Å². The summed E-state index contributed by atoms with van der Waals surface area (Å²) >= 11 is 0. The zero-order valence-electron chi connectivity index (χ0n) is 20.6.